The Morgan fingerprint density at radius 3 is 2.37 bits per heavy atom. The van der Waals surface area contributed by atoms with Gasteiger partial charge < -0.3 is 14.6 Å². The zero-order valence-corrected chi connectivity index (χ0v) is 21.7. The monoisotopic (exact) mass is 483 g/mol. The number of nitrogens with zero attached hydrogens (tertiary/aromatic N) is 3. The smallest absolute Gasteiger partial charge is 0.227 e. The molecule has 3 aromatic rings. The molecule has 0 radical (unpaired) electrons. The Morgan fingerprint density at radius 2 is 1.74 bits per heavy atom. The van der Waals surface area contributed by atoms with Gasteiger partial charge in [0.15, 0.2) is 11.6 Å². The second-order valence-electron chi connectivity index (χ2n) is 9.91. The van der Waals surface area contributed by atoms with Crippen molar-refractivity contribution in [2.75, 3.05) is 13.2 Å². The third-order valence-corrected chi connectivity index (χ3v) is 5.91. The summed E-state index contributed by atoms with van der Waals surface area (Å²) in [5.74, 6) is 0.164. The number of aromatic nitrogens is 2. The minimum Gasteiger partial charge on any atom is -0.435 e. The zero-order chi connectivity index (χ0) is 25.6. The number of aliphatic hydroxyl groups excluding tert-OH is 1. The van der Waals surface area contributed by atoms with Crippen LogP contribution < -0.4 is 4.74 Å². The van der Waals surface area contributed by atoms with E-state index in [1.54, 1.807) is 22.9 Å². The lowest BCUT2D eigenvalue weighted by molar-refractivity contribution is -0.0593. The third-order valence-electron chi connectivity index (χ3n) is 5.91. The minimum atomic E-state index is -0.649. The average molecular weight is 484 g/mol. The first-order valence-electron chi connectivity index (χ1n) is 12.2. The predicted molar refractivity (Wildman–Crippen MR) is 137 cm³/mol. The van der Waals surface area contributed by atoms with Crippen molar-refractivity contribution in [2.45, 2.75) is 72.3 Å². The Bertz CT molecular complexity index is 1080. The molecule has 0 unspecified atom stereocenters. The van der Waals surface area contributed by atoms with Crippen LogP contribution in [0.1, 0.15) is 52.3 Å². The van der Waals surface area contributed by atoms with Crippen LogP contribution in [-0.4, -0.2) is 50.7 Å². The van der Waals surface area contributed by atoms with E-state index in [1.165, 1.54) is 6.07 Å². The molecular formula is C28H38FN3O3. The molecule has 0 saturated carbocycles. The van der Waals surface area contributed by atoms with Gasteiger partial charge in [-0.25, -0.2) is 9.07 Å². The molecule has 1 N–H and O–H groups in total. The highest BCUT2D eigenvalue weighted by molar-refractivity contribution is 5.43. The van der Waals surface area contributed by atoms with Gasteiger partial charge in [-0.1, -0.05) is 37.3 Å². The summed E-state index contributed by atoms with van der Waals surface area (Å²) < 4.78 is 28.2. The lowest BCUT2D eigenvalue weighted by Crippen LogP contribution is -2.41. The number of benzene rings is 2. The Hall–Kier alpha value is -2.74. The summed E-state index contributed by atoms with van der Waals surface area (Å²) in [5.41, 5.74) is 2.13. The predicted octanol–water partition coefficient (Wildman–Crippen LogP) is 5.89. The van der Waals surface area contributed by atoms with Gasteiger partial charge in [0, 0.05) is 19.1 Å². The molecule has 0 aliphatic rings. The molecule has 0 aliphatic carbocycles. The van der Waals surface area contributed by atoms with E-state index in [-0.39, 0.29) is 24.0 Å². The van der Waals surface area contributed by atoms with Crippen molar-refractivity contribution >= 4 is 0 Å². The fraction of sp³-hybridized carbons (Fsp3) is 0.464. The summed E-state index contributed by atoms with van der Waals surface area (Å²) in [6.45, 7) is 13.3. The molecule has 2 aromatic carbocycles. The first kappa shape index (κ1) is 26.9. The van der Waals surface area contributed by atoms with Gasteiger partial charge in [0.1, 0.15) is 0 Å². The fourth-order valence-electron chi connectivity index (χ4n) is 3.73. The van der Waals surface area contributed by atoms with E-state index in [4.69, 9.17) is 14.6 Å². The van der Waals surface area contributed by atoms with Crippen molar-refractivity contribution in [1.29, 1.82) is 0 Å². The minimum absolute atomic E-state index is 0.138. The number of aryl methyl sites for hydroxylation is 1. The number of halogens is 1. The average Bonchev–Trinajstić information content (AvgIpc) is 3.13. The Labute approximate surface area is 208 Å². The van der Waals surface area contributed by atoms with Gasteiger partial charge >= 0.3 is 0 Å². The molecule has 0 fully saturated rings. The number of rotatable bonds is 11. The van der Waals surface area contributed by atoms with Crippen LogP contribution in [0.4, 0.5) is 4.39 Å². The number of para-hydroxylation sites is 2. The molecule has 6 nitrogen and oxygen atoms in total. The Balaban J connectivity index is 1.96. The van der Waals surface area contributed by atoms with Crippen LogP contribution in [0.25, 0.3) is 5.69 Å². The van der Waals surface area contributed by atoms with Crippen LogP contribution >= 0.6 is 0 Å². The van der Waals surface area contributed by atoms with Crippen LogP contribution in [0.2, 0.25) is 0 Å². The van der Waals surface area contributed by atoms with E-state index in [9.17, 15) is 9.50 Å². The number of aliphatic hydroxyl groups is 1. The summed E-state index contributed by atoms with van der Waals surface area (Å²) in [6.07, 6.45) is 0.256. The van der Waals surface area contributed by atoms with Crippen LogP contribution in [0.5, 0.6) is 11.6 Å². The van der Waals surface area contributed by atoms with Crippen molar-refractivity contribution in [1.82, 2.24) is 14.7 Å². The lowest BCUT2D eigenvalue weighted by Gasteiger charge is -2.31. The topological polar surface area (TPSA) is 59.8 Å². The van der Waals surface area contributed by atoms with Crippen molar-refractivity contribution < 1.29 is 19.0 Å². The quantitative estimate of drug-likeness (QED) is 0.369. The van der Waals surface area contributed by atoms with Gasteiger partial charge in [0.25, 0.3) is 0 Å². The summed E-state index contributed by atoms with van der Waals surface area (Å²) in [5, 5.41) is 15.5. The highest BCUT2D eigenvalue weighted by atomic mass is 19.1. The van der Waals surface area contributed by atoms with Crippen LogP contribution in [-0.2, 0) is 11.3 Å². The first-order chi connectivity index (χ1) is 16.6. The molecule has 1 heterocycles. The summed E-state index contributed by atoms with van der Waals surface area (Å²) in [6, 6.07) is 16.2. The second kappa shape index (κ2) is 11.8. The fourth-order valence-corrected chi connectivity index (χ4v) is 3.73. The molecule has 0 aliphatic heterocycles. The maximum Gasteiger partial charge on any atom is 0.227 e. The Morgan fingerprint density at radius 1 is 1.09 bits per heavy atom. The van der Waals surface area contributed by atoms with Crippen molar-refractivity contribution in [3.05, 3.63) is 71.7 Å². The maximum atomic E-state index is 14.5. The van der Waals surface area contributed by atoms with E-state index in [0.29, 0.717) is 19.0 Å². The van der Waals surface area contributed by atoms with Crippen molar-refractivity contribution in [2.24, 2.45) is 0 Å². The molecule has 3 rings (SSSR count). The number of hydrogen-bond donors (Lipinski definition) is 1. The van der Waals surface area contributed by atoms with E-state index < -0.39 is 11.9 Å². The summed E-state index contributed by atoms with van der Waals surface area (Å²) in [4.78, 5) is 2.20. The molecule has 190 valence electrons. The van der Waals surface area contributed by atoms with Gasteiger partial charge in [0.2, 0.25) is 5.88 Å². The molecule has 0 amide bonds. The van der Waals surface area contributed by atoms with Crippen molar-refractivity contribution in [3.63, 3.8) is 0 Å². The van der Waals surface area contributed by atoms with Crippen LogP contribution in [0.3, 0.4) is 0 Å². The van der Waals surface area contributed by atoms with Gasteiger partial charge in [-0.2, -0.15) is 5.10 Å². The van der Waals surface area contributed by atoms with Gasteiger partial charge in [0.05, 0.1) is 35.3 Å². The van der Waals surface area contributed by atoms with Crippen LogP contribution in [0.15, 0.2) is 54.6 Å². The molecule has 2 atom stereocenters. The second-order valence-corrected chi connectivity index (χ2v) is 9.91. The van der Waals surface area contributed by atoms with E-state index in [1.807, 2.05) is 58.0 Å². The SMILES string of the molecule is CC[C@H](C)N(Cc1c(C)nn(-c2ccccc2)c1Oc1ccccc1F)C[C@H](O)COC(C)(C)C. The van der Waals surface area contributed by atoms with E-state index >= 15 is 0 Å². The zero-order valence-electron chi connectivity index (χ0n) is 21.7. The van der Waals surface area contributed by atoms with Crippen LogP contribution in [0, 0.1) is 12.7 Å². The lowest BCUT2D eigenvalue weighted by atomic mass is 10.1. The molecule has 0 bridgehead atoms. The summed E-state index contributed by atoms with van der Waals surface area (Å²) >= 11 is 0. The Kier molecular flexibility index (Phi) is 9.05. The van der Waals surface area contributed by atoms with E-state index in [2.05, 4.69) is 18.7 Å². The molecule has 35 heavy (non-hydrogen) atoms. The largest absolute Gasteiger partial charge is 0.435 e. The van der Waals surface area contributed by atoms with E-state index in [0.717, 1.165) is 23.4 Å². The molecule has 1 aromatic heterocycles. The van der Waals surface area contributed by atoms with Crippen molar-refractivity contribution in [3.8, 4) is 17.3 Å². The number of ether oxygens (including phenoxy) is 2. The molecule has 0 saturated heterocycles. The molecular weight excluding hydrogens is 445 g/mol. The standard InChI is InChI=1S/C28H38FN3O3/c1-7-20(2)31(17-23(33)19-34-28(4,5)6)18-24-21(3)30-32(22-13-9-8-10-14-22)27(24)35-26-16-12-11-15-25(26)29/h8-16,20,23,33H,7,17-19H2,1-6H3/t20-,23-/m0/s1. The van der Waals surface area contributed by atoms with Gasteiger partial charge in [-0.05, 0) is 65.3 Å². The normalized spacial score (nSPS) is 13.7. The van der Waals surface area contributed by atoms with Gasteiger partial charge in [-0.15, -0.1) is 0 Å². The third kappa shape index (κ3) is 7.37. The first-order valence-corrected chi connectivity index (χ1v) is 12.2. The van der Waals surface area contributed by atoms with Gasteiger partial charge in [-0.3, -0.25) is 4.90 Å². The highest BCUT2D eigenvalue weighted by Gasteiger charge is 2.25. The molecule has 0 spiro atoms. The highest BCUT2D eigenvalue weighted by Crippen LogP contribution is 2.33. The summed E-state index contributed by atoms with van der Waals surface area (Å²) in [7, 11) is 0. The number of hydrogen-bond acceptors (Lipinski definition) is 5. The molecule has 7 heteroatoms. The maximum absolute atomic E-state index is 14.5.